The summed E-state index contributed by atoms with van der Waals surface area (Å²) in [4.78, 5) is 16.3. The van der Waals surface area contributed by atoms with Crippen LogP contribution in [0.25, 0.3) is 11.3 Å². The van der Waals surface area contributed by atoms with Gasteiger partial charge in [-0.1, -0.05) is 0 Å². The van der Waals surface area contributed by atoms with Gasteiger partial charge in [-0.2, -0.15) is 5.10 Å². The molecule has 9 nitrogen and oxygen atoms in total. The van der Waals surface area contributed by atoms with Crippen LogP contribution in [0.2, 0.25) is 0 Å². The van der Waals surface area contributed by atoms with Crippen LogP contribution >= 0.6 is 0 Å². The Morgan fingerprint density at radius 3 is 2.48 bits per heavy atom. The molecule has 0 saturated heterocycles. The number of ether oxygens (including phenoxy) is 2. The lowest BCUT2D eigenvalue weighted by molar-refractivity contribution is 0.102. The highest BCUT2D eigenvalue weighted by Gasteiger charge is 2.16. The molecule has 0 bridgehead atoms. The lowest BCUT2D eigenvalue weighted by Crippen LogP contribution is -2.14. The van der Waals surface area contributed by atoms with E-state index in [-0.39, 0.29) is 17.5 Å². The molecule has 0 saturated carbocycles. The summed E-state index contributed by atoms with van der Waals surface area (Å²) in [6.45, 7) is 0. The van der Waals surface area contributed by atoms with Gasteiger partial charge in [-0.25, -0.2) is 4.98 Å². The van der Waals surface area contributed by atoms with Crippen LogP contribution in [0.1, 0.15) is 10.5 Å². The van der Waals surface area contributed by atoms with Gasteiger partial charge < -0.3 is 9.47 Å². The van der Waals surface area contributed by atoms with E-state index in [0.717, 1.165) is 11.3 Å². The van der Waals surface area contributed by atoms with Crippen molar-refractivity contribution in [1.29, 1.82) is 0 Å². The van der Waals surface area contributed by atoms with Crippen molar-refractivity contribution in [1.82, 2.24) is 24.5 Å². The van der Waals surface area contributed by atoms with Gasteiger partial charge in [0.25, 0.3) is 5.91 Å². The number of aryl methyl sites for hydroxylation is 2. The van der Waals surface area contributed by atoms with Gasteiger partial charge in [0, 0.05) is 19.7 Å². The van der Waals surface area contributed by atoms with Crippen LogP contribution in [0.5, 0.6) is 11.5 Å². The average Bonchev–Trinajstić information content (AvgIpc) is 3.19. The number of carbonyl (C=O) groups excluding carboxylic acids is 1. The summed E-state index contributed by atoms with van der Waals surface area (Å²) in [7, 11) is 6.64. The minimum atomic E-state index is -0.381. The molecule has 9 heteroatoms. The summed E-state index contributed by atoms with van der Waals surface area (Å²) in [5.41, 5.74) is 1.88. The number of nitrogens with zero attached hydrogens (tertiary/aromatic N) is 5. The SMILES string of the molecule is COc1ccc(-c2cc(C(=O)Nc3ncn(C)n3)nn2C)cc1OC. The zero-order valence-electron chi connectivity index (χ0n) is 14.3. The molecule has 130 valence electrons. The molecule has 3 aromatic rings. The monoisotopic (exact) mass is 342 g/mol. The highest BCUT2D eigenvalue weighted by Crippen LogP contribution is 2.32. The van der Waals surface area contributed by atoms with Crippen molar-refractivity contribution in [3.8, 4) is 22.8 Å². The Kier molecular flexibility index (Phi) is 4.38. The summed E-state index contributed by atoms with van der Waals surface area (Å²) in [5, 5.41) is 10.9. The van der Waals surface area contributed by atoms with E-state index in [1.807, 2.05) is 12.1 Å². The first-order valence-corrected chi connectivity index (χ1v) is 7.45. The molecule has 0 spiro atoms. The van der Waals surface area contributed by atoms with Crippen LogP contribution < -0.4 is 14.8 Å². The minimum Gasteiger partial charge on any atom is -0.493 e. The van der Waals surface area contributed by atoms with Gasteiger partial charge in [-0.05, 0) is 24.3 Å². The van der Waals surface area contributed by atoms with Crippen molar-refractivity contribution < 1.29 is 14.3 Å². The number of amides is 1. The molecule has 0 unspecified atom stereocenters. The van der Waals surface area contributed by atoms with Gasteiger partial charge in [-0.15, -0.1) is 5.10 Å². The first kappa shape index (κ1) is 16.5. The molecule has 2 aromatic heterocycles. The molecule has 1 aromatic carbocycles. The Morgan fingerprint density at radius 1 is 1.08 bits per heavy atom. The van der Waals surface area contributed by atoms with Crippen LogP contribution in [0.15, 0.2) is 30.6 Å². The van der Waals surface area contributed by atoms with Gasteiger partial charge >= 0.3 is 0 Å². The van der Waals surface area contributed by atoms with E-state index in [1.54, 1.807) is 45.1 Å². The molecule has 1 amide bonds. The predicted octanol–water partition coefficient (Wildman–Crippen LogP) is 1.49. The van der Waals surface area contributed by atoms with Gasteiger partial charge in [0.15, 0.2) is 17.2 Å². The summed E-state index contributed by atoms with van der Waals surface area (Å²) in [6.07, 6.45) is 1.50. The Bertz CT molecular complexity index is 914. The number of nitrogens with one attached hydrogen (secondary N) is 1. The van der Waals surface area contributed by atoms with E-state index in [4.69, 9.17) is 9.47 Å². The molecule has 0 aliphatic heterocycles. The maximum absolute atomic E-state index is 12.3. The predicted molar refractivity (Wildman–Crippen MR) is 90.7 cm³/mol. The van der Waals surface area contributed by atoms with E-state index in [9.17, 15) is 4.79 Å². The fraction of sp³-hybridized carbons (Fsp3) is 0.250. The molecular weight excluding hydrogens is 324 g/mol. The van der Waals surface area contributed by atoms with E-state index >= 15 is 0 Å². The van der Waals surface area contributed by atoms with Gasteiger partial charge in [0.2, 0.25) is 5.95 Å². The number of rotatable bonds is 5. The molecule has 0 aliphatic rings. The highest BCUT2D eigenvalue weighted by molar-refractivity contribution is 6.02. The third kappa shape index (κ3) is 3.30. The van der Waals surface area contributed by atoms with E-state index in [0.29, 0.717) is 11.5 Å². The summed E-state index contributed by atoms with van der Waals surface area (Å²) < 4.78 is 13.7. The number of benzene rings is 1. The number of hydrogen-bond donors (Lipinski definition) is 1. The Morgan fingerprint density at radius 2 is 1.84 bits per heavy atom. The van der Waals surface area contributed by atoms with Crippen LogP contribution in [0.3, 0.4) is 0 Å². The molecular formula is C16H18N6O3. The standard InChI is InChI=1S/C16H18N6O3/c1-21-9-17-16(20-21)18-15(23)11-8-12(22(2)19-11)10-5-6-13(24-3)14(7-10)25-4/h5-9H,1-4H3,(H,18,20,23). The number of methoxy groups -OCH3 is 2. The zero-order valence-corrected chi connectivity index (χ0v) is 14.3. The van der Waals surface area contributed by atoms with Crippen LogP contribution in [-0.2, 0) is 14.1 Å². The van der Waals surface area contributed by atoms with Crippen molar-refractivity contribution in [2.75, 3.05) is 19.5 Å². The van der Waals surface area contributed by atoms with Gasteiger partial charge in [0.1, 0.15) is 6.33 Å². The molecule has 25 heavy (non-hydrogen) atoms. The van der Waals surface area contributed by atoms with Crippen LogP contribution in [0, 0.1) is 0 Å². The molecule has 0 radical (unpaired) electrons. The van der Waals surface area contributed by atoms with Crippen LogP contribution in [0.4, 0.5) is 5.95 Å². The molecule has 3 rings (SSSR count). The fourth-order valence-electron chi connectivity index (χ4n) is 2.41. The van der Waals surface area contributed by atoms with Gasteiger partial charge in [-0.3, -0.25) is 19.5 Å². The van der Waals surface area contributed by atoms with E-state index < -0.39 is 0 Å². The summed E-state index contributed by atoms with van der Waals surface area (Å²) >= 11 is 0. The smallest absolute Gasteiger partial charge is 0.278 e. The van der Waals surface area contributed by atoms with Crippen molar-refractivity contribution in [3.63, 3.8) is 0 Å². The minimum absolute atomic E-state index is 0.228. The zero-order chi connectivity index (χ0) is 18.0. The van der Waals surface area contributed by atoms with Crippen molar-refractivity contribution >= 4 is 11.9 Å². The second kappa shape index (κ2) is 6.63. The normalized spacial score (nSPS) is 10.6. The largest absolute Gasteiger partial charge is 0.493 e. The molecule has 0 fully saturated rings. The van der Waals surface area contributed by atoms with E-state index in [2.05, 4.69) is 20.5 Å². The molecule has 2 heterocycles. The topological polar surface area (TPSA) is 96.1 Å². The maximum Gasteiger partial charge on any atom is 0.278 e. The second-order valence-corrected chi connectivity index (χ2v) is 5.30. The first-order chi connectivity index (χ1) is 12.0. The summed E-state index contributed by atoms with van der Waals surface area (Å²) in [5.74, 6) is 1.08. The van der Waals surface area contributed by atoms with Gasteiger partial charge in [0.05, 0.1) is 19.9 Å². The maximum atomic E-state index is 12.3. The lowest BCUT2D eigenvalue weighted by atomic mass is 10.1. The fourth-order valence-corrected chi connectivity index (χ4v) is 2.41. The number of hydrogen-bond acceptors (Lipinski definition) is 6. The van der Waals surface area contributed by atoms with E-state index in [1.165, 1.54) is 11.0 Å². The number of anilines is 1. The Balaban J connectivity index is 1.88. The molecule has 0 aliphatic carbocycles. The lowest BCUT2D eigenvalue weighted by Gasteiger charge is -2.09. The third-order valence-electron chi connectivity index (χ3n) is 3.62. The quantitative estimate of drug-likeness (QED) is 0.754. The molecule has 1 N–H and O–H groups in total. The highest BCUT2D eigenvalue weighted by atomic mass is 16.5. The average molecular weight is 342 g/mol. The van der Waals surface area contributed by atoms with Crippen LogP contribution in [-0.4, -0.2) is 44.7 Å². The molecule has 0 atom stereocenters. The Labute approximate surface area is 144 Å². The Hall–Kier alpha value is -3.36. The van der Waals surface area contributed by atoms with Crippen molar-refractivity contribution in [3.05, 3.63) is 36.3 Å². The summed E-state index contributed by atoms with van der Waals surface area (Å²) in [6, 6.07) is 7.20. The second-order valence-electron chi connectivity index (χ2n) is 5.30. The third-order valence-corrected chi connectivity index (χ3v) is 3.62. The van der Waals surface area contributed by atoms with Crippen molar-refractivity contribution in [2.24, 2.45) is 14.1 Å². The number of carbonyl (C=O) groups is 1. The van der Waals surface area contributed by atoms with Crippen molar-refractivity contribution in [2.45, 2.75) is 0 Å². The number of aromatic nitrogens is 5. The first-order valence-electron chi connectivity index (χ1n) is 7.45.